The monoisotopic (exact) mass is 441 g/mol. The van der Waals surface area contributed by atoms with Crippen LogP contribution >= 0.6 is 0 Å². The fourth-order valence-corrected chi connectivity index (χ4v) is 6.17. The van der Waals surface area contributed by atoms with E-state index in [1.807, 2.05) is 25.1 Å². The Morgan fingerprint density at radius 1 is 1.16 bits per heavy atom. The molecule has 0 aromatic heterocycles. The van der Waals surface area contributed by atoms with Crippen LogP contribution in [0.4, 0.5) is 11.4 Å². The van der Waals surface area contributed by atoms with Gasteiger partial charge >= 0.3 is 0 Å². The molecule has 4 rings (SSSR count). The number of amides is 2. The van der Waals surface area contributed by atoms with Gasteiger partial charge in [0.05, 0.1) is 10.3 Å². The molecule has 31 heavy (non-hydrogen) atoms. The highest BCUT2D eigenvalue weighted by molar-refractivity contribution is 7.89. The Balaban J connectivity index is 1.64. The number of anilines is 2. The molecule has 164 valence electrons. The fourth-order valence-electron chi connectivity index (χ4n) is 4.49. The van der Waals surface area contributed by atoms with Crippen LogP contribution in [-0.2, 0) is 25.0 Å². The second kappa shape index (κ2) is 7.46. The molecule has 2 aliphatic rings. The Morgan fingerprint density at radius 3 is 2.61 bits per heavy atom. The van der Waals surface area contributed by atoms with Gasteiger partial charge in [-0.2, -0.15) is 4.31 Å². The van der Waals surface area contributed by atoms with Crippen LogP contribution in [0.1, 0.15) is 37.8 Å². The average molecular weight is 442 g/mol. The molecule has 1 fully saturated rings. The third-order valence-electron chi connectivity index (χ3n) is 6.24. The van der Waals surface area contributed by atoms with Crippen LogP contribution in [-0.4, -0.2) is 44.2 Å². The van der Waals surface area contributed by atoms with Crippen molar-refractivity contribution in [2.45, 2.75) is 50.0 Å². The number of rotatable bonds is 4. The summed E-state index contributed by atoms with van der Waals surface area (Å²) >= 11 is 0. The van der Waals surface area contributed by atoms with E-state index in [0.717, 1.165) is 5.56 Å². The Kier molecular flexibility index (Phi) is 5.18. The number of hydrogen-bond donors (Lipinski definition) is 1. The molecule has 1 atom stereocenters. The number of carbonyl (C=O) groups is 2. The molecule has 1 unspecified atom stereocenters. The molecule has 2 amide bonds. The first kappa shape index (κ1) is 21.5. The summed E-state index contributed by atoms with van der Waals surface area (Å²) in [5.74, 6) is -0.406. The molecule has 0 bridgehead atoms. The number of hydrogen-bond acceptors (Lipinski definition) is 4. The van der Waals surface area contributed by atoms with Gasteiger partial charge in [0.15, 0.2) is 0 Å². The van der Waals surface area contributed by atoms with Crippen LogP contribution in [0.3, 0.4) is 0 Å². The standard InChI is InChI=1S/C23H27N3O4S/c1-15-7-5-8-16(13-15)24-21(27)20-9-6-12-26(20)31(29,30)17-10-11-19-18(14-17)23(2,3)22(28)25(19)4/h5,7-8,10-11,13-14,20H,6,9,12H2,1-4H3,(H,24,27). The van der Waals surface area contributed by atoms with Crippen molar-refractivity contribution in [3.05, 3.63) is 53.6 Å². The number of nitrogens with one attached hydrogen (secondary N) is 1. The summed E-state index contributed by atoms with van der Waals surface area (Å²) in [6.45, 7) is 5.80. The van der Waals surface area contributed by atoms with Gasteiger partial charge in [0.25, 0.3) is 0 Å². The van der Waals surface area contributed by atoms with Crippen LogP contribution < -0.4 is 10.2 Å². The van der Waals surface area contributed by atoms with Gasteiger partial charge in [0.2, 0.25) is 21.8 Å². The maximum atomic E-state index is 13.5. The zero-order valence-corrected chi connectivity index (χ0v) is 19.0. The highest BCUT2D eigenvalue weighted by Gasteiger charge is 2.44. The van der Waals surface area contributed by atoms with E-state index in [1.165, 1.54) is 10.4 Å². The summed E-state index contributed by atoms with van der Waals surface area (Å²) < 4.78 is 28.2. The molecule has 1 N–H and O–H groups in total. The molecule has 7 nitrogen and oxygen atoms in total. The Labute approximate surface area is 183 Å². The average Bonchev–Trinajstić information content (AvgIpc) is 3.28. The molecule has 0 spiro atoms. The van der Waals surface area contributed by atoms with Crippen molar-refractivity contribution >= 4 is 33.2 Å². The number of fused-ring (bicyclic) bond motifs is 1. The van der Waals surface area contributed by atoms with E-state index in [-0.39, 0.29) is 23.3 Å². The summed E-state index contributed by atoms with van der Waals surface area (Å²) in [5.41, 5.74) is 2.25. The minimum atomic E-state index is -3.90. The minimum absolute atomic E-state index is 0.0753. The Bertz CT molecular complexity index is 1170. The van der Waals surface area contributed by atoms with Crippen molar-refractivity contribution in [3.63, 3.8) is 0 Å². The topological polar surface area (TPSA) is 86.8 Å². The number of nitrogens with zero attached hydrogens (tertiary/aromatic N) is 2. The zero-order chi connectivity index (χ0) is 22.6. The molecule has 1 saturated heterocycles. The van der Waals surface area contributed by atoms with E-state index in [4.69, 9.17) is 0 Å². The second-order valence-electron chi connectivity index (χ2n) is 8.80. The smallest absolute Gasteiger partial charge is 0.243 e. The fraction of sp³-hybridized carbons (Fsp3) is 0.391. The highest BCUT2D eigenvalue weighted by atomic mass is 32.2. The first-order valence-electron chi connectivity index (χ1n) is 10.4. The first-order chi connectivity index (χ1) is 14.5. The number of likely N-dealkylation sites (N-methyl/N-ethyl adjacent to an activating group) is 1. The predicted octanol–water partition coefficient (Wildman–Crippen LogP) is 3.04. The van der Waals surface area contributed by atoms with Gasteiger partial charge < -0.3 is 10.2 Å². The lowest BCUT2D eigenvalue weighted by molar-refractivity contribution is -0.122. The summed E-state index contributed by atoms with van der Waals surface area (Å²) in [6.07, 6.45) is 1.08. The van der Waals surface area contributed by atoms with E-state index in [0.29, 0.717) is 29.8 Å². The second-order valence-corrected chi connectivity index (χ2v) is 10.7. The quantitative estimate of drug-likeness (QED) is 0.790. The van der Waals surface area contributed by atoms with Crippen molar-refractivity contribution in [1.82, 2.24) is 4.31 Å². The van der Waals surface area contributed by atoms with Crippen molar-refractivity contribution in [2.24, 2.45) is 0 Å². The molecular weight excluding hydrogens is 414 g/mol. The third kappa shape index (κ3) is 3.53. The number of sulfonamides is 1. The van der Waals surface area contributed by atoms with Gasteiger partial charge in [-0.05, 0) is 75.1 Å². The molecule has 8 heteroatoms. The van der Waals surface area contributed by atoms with Gasteiger partial charge in [-0.15, -0.1) is 0 Å². The van der Waals surface area contributed by atoms with Crippen LogP contribution in [0.5, 0.6) is 0 Å². The van der Waals surface area contributed by atoms with Crippen molar-refractivity contribution in [1.29, 1.82) is 0 Å². The zero-order valence-electron chi connectivity index (χ0n) is 18.2. The lowest BCUT2D eigenvalue weighted by atomic mass is 9.86. The van der Waals surface area contributed by atoms with Crippen molar-refractivity contribution in [3.8, 4) is 0 Å². The predicted molar refractivity (Wildman–Crippen MR) is 120 cm³/mol. The summed E-state index contributed by atoms with van der Waals surface area (Å²) in [6, 6.07) is 11.4. The van der Waals surface area contributed by atoms with Gasteiger partial charge in [-0.25, -0.2) is 8.42 Å². The molecule has 0 saturated carbocycles. The largest absolute Gasteiger partial charge is 0.325 e. The van der Waals surface area contributed by atoms with Crippen LogP contribution in [0.15, 0.2) is 47.4 Å². The molecular formula is C23H27N3O4S. The summed E-state index contributed by atoms with van der Waals surface area (Å²) in [4.78, 5) is 27.1. The van der Waals surface area contributed by atoms with Crippen LogP contribution in [0, 0.1) is 6.92 Å². The van der Waals surface area contributed by atoms with E-state index in [9.17, 15) is 18.0 Å². The molecule has 2 aromatic rings. The van der Waals surface area contributed by atoms with Gasteiger partial charge in [-0.1, -0.05) is 12.1 Å². The summed E-state index contributed by atoms with van der Waals surface area (Å²) in [5, 5.41) is 2.85. The van der Waals surface area contributed by atoms with E-state index < -0.39 is 21.5 Å². The molecule has 2 heterocycles. The van der Waals surface area contributed by atoms with Gasteiger partial charge in [0, 0.05) is 25.0 Å². The third-order valence-corrected chi connectivity index (χ3v) is 8.14. The number of aryl methyl sites for hydroxylation is 1. The van der Waals surface area contributed by atoms with Crippen molar-refractivity contribution < 1.29 is 18.0 Å². The Hall–Kier alpha value is -2.71. The minimum Gasteiger partial charge on any atom is -0.325 e. The van der Waals surface area contributed by atoms with E-state index in [2.05, 4.69) is 5.32 Å². The number of benzene rings is 2. The maximum absolute atomic E-state index is 13.5. The van der Waals surface area contributed by atoms with Gasteiger partial charge in [-0.3, -0.25) is 9.59 Å². The van der Waals surface area contributed by atoms with Crippen LogP contribution in [0.2, 0.25) is 0 Å². The normalized spacial score (nSPS) is 20.7. The highest BCUT2D eigenvalue weighted by Crippen LogP contribution is 2.42. The lowest BCUT2D eigenvalue weighted by Crippen LogP contribution is -2.43. The molecule has 2 aromatic carbocycles. The molecule has 0 radical (unpaired) electrons. The van der Waals surface area contributed by atoms with E-state index in [1.54, 1.807) is 44.0 Å². The first-order valence-corrected chi connectivity index (χ1v) is 11.8. The van der Waals surface area contributed by atoms with Crippen molar-refractivity contribution in [2.75, 3.05) is 23.8 Å². The number of carbonyl (C=O) groups excluding carboxylic acids is 2. The summed E-state index contributed by atoms with van der Waals surface area (Å²) in [7, 11) is -2.21. The Morgan fingerprint density at radius 2 is 1.90 bits per heavy atom. The molecule has 0 aliphatic carbocycles. The van der Waals surface area contributed by atoms with Gasteiger partial charge in [0.1, 0.15) is 6.04 Å². The molecule has 2 aliphatic heterocycles. The SMILES string of the molecule is Cc1cccc(NC(=O)C2CCCN2S(=O)(=O)c2ccc3c(c2)C(C)(C)C(=O)N3C)c1. The van der Waals surface area contributed by atoms with Crippen LogP contribution in [0.25, 0.3) is 0 Å². The lowest BCUT2D eigenvalue weighted by Gasteiger charge is -2.24. The maximum Gasteiger partial charge on any atom is 0.243 e. The van der Waals surface area contributed by atoms with E-state index >= 15 is 0 Å².